The number of amides is 2. The summed E-state index contributed by atoms with van der Waals surface area (Å²) in [7, 11) is -3.53. The molecule has 0 spiro atoms. The van der Waals surface area contributed by atoms with Crippen LogP contribution in [0.25, 0.3) is 0 Å². The van der Waals surface area contributed by atoms with E-state index in [0.717, 1.165) is 15.8 Å². The van der Waals surface area contributed by atoms with Gasteiger partial charge in [0, 0.05) is 35.9 Å². The van der Waals surface area contributed by atoms with Gasteiger partial charge in [-0.2, -0.15) is 4.31 Å². The van der Waals surface area contributed by atoms with Crippen LogP contribution in [0, 0.1) is 13.8 Å². The second kappa shape index (κ2) is 7.45. The first-order chi connectivity index (χ1) is 11.3. The normalized spacial score (nSPS) is 16.0. The standard InChI is InChI=1S/C15H21N3O4S2/c1-4-14(19)16-10-15(20)17-5-7-18(8-6-17)24(21,22)13-9-11(2)23-12(13)3/h4,9H,1,5-8,10H2,2-3H3,(H,16,19). The highest BCUT2D eigenvalue weighted by Gasteiger charge is 2.31. The van der Waals surface area contributed by atoms with Crippen molar-refractivity contribution in [2.45, 2.75) is 18.7 Å². The van der Waals surface area contributed by atoms with E-state index in [1.54, 1.807) is 17.9 Å². The molecule has 0 bridgehead atoms. The maximum absolute atomic E-state index is 12.7. The Morgan fingerprint density at radius 1 is 1.29 bits per heavy atom. The van der Waals surface area contributed by atoms with E-state index in [0.29, 0.717) is 18.0 Å². The van der Waals surface area contributed by atoms with Crippen LogP contribution in [0.4, 0.5) is 0 Å². The summed E-state index contributed by atoms with van der Waals surface area (Å²) < 4.78 is 26.8. The number of carbonyl (C=O) groups is 2. The Bertz CT molecular complexity index is 747. The first-order valence-corrected chi connectivity index (χ1v) is 9.76. The van der Waals surface area contributed by atoms with Crippen LogP contribution in [0.1, 0.15) is 9.75 Å². The van der Waals surface area contributed by atoms with E-state index in [9.17, 15) is 18.0 Å². The summed E-state index contributed by atoms with van der Waals surface area (Å²) in [5.74, 6) is -0.641. The van der Waals surface area contributed by atoms with Crippen molar-refractivity contribution in [3.63, 3.8) is 0 Å². The molecule has 0 aromatic carbocycles. The fraction of sp³-hybridized carbons (Fsp3) is 0.467. The van der Waals surface area contributed by atoms with E-state index in [-0.39, 0.29) is 25.5 Å². The Morgan fingerprint density at radius 2 is 1.92 bits per heavy atom. The SMILES string of the molecule is C=CC(=O)NCC(=O)N1CCN(S(=O)(=O)c2cc(C)sc2C)CC1. The molecule has 2 heterocycles. The number of rotatable bonds is 5. The minimum absolute atomic E-state index is 0.111. The molecule has 0 radical (unpaired) electrons. The lowest BCUT2D eigenvalue weighted by atomic mass is 10.3. The van der Waals surface area contributed by atoms with E-state index in [1.165, 1.54) is 15.6 Å². The Morgan fingerprint density at radius 3 is 2.42 bits per heavy atom. The van der Waals surface area contributed by atoms with Gasteiger partial charge in [-0.05, 0) is 26.0 Å². The van der Waals surface area contributed by atoms with Gasteiger partial charge < -0.3 is 10.2 Å². The van der Waals surface area contributed by atoms with Crippen molar-refractivity contribution < 1.29 is 18.0 Å². The summed E-state index contributed by atoms with van der Waals surface area (Å²) in [4.78, 5) is 26.7. The van der Waals surface area contributed by atoms with Crippen molar-refractivity contribution in [3.8, 4) is 0 Å². The maximum atomic E-state index is 12.7. The van der Waals surface area contributed by atoms with Crippen molar-refractivity contribution in [2.75, 3.05) is 32.7 Å². The summed E-state index contributed by atoms with van der Waals surface area (Å²) >= 11 is 1.46. The third-order valence-corrected chi connectivity index (χ3v) is 6.92. The van der Waals surface area contributed by atoms with Crippen LogP contribution in [0.5, 0.6) is 0 Å². The predicted octanol–water partition coefficient (Wildman–Crippen LogP) is 0.500. The molecule has 1 N–H and O–H groups in total. The first kappa shape index (κ1) is 18.6. The maximum Gasteiger partial charge on any atom is 0.244 e. The summed E-state index contributed by atoms with van der Waals surface area (Å²) in [6, 6.07) is 1.69. The van der Waals surface area contributed by atoms with Gasteiger partial charge in [0.1, 0.15) is 0 Å². The fourth-order valence-corrected chi connectivity index (χ4v) is 5.47. The van der Waals surface area contributed by atoms with Crippen LogP contribution in [0.3, 0.4) is 0 Å². The Hall–Kier alpha value is -1.71. The zero-order chi connectivity index (χ0) is 17.9. The van der Waals surface area contributed by atoms with E-state index in [2.05, 4.69) is 11.9 Å². The molecule has 132 valence electrons. The minimum Gasteiger partial charge on any atom is -0.343 e. The molecule has 1 aromatic rings. The highest BCUT2D eigenvalue weighted by atomic mass is 32.2. The number of carbonyl (C=O) groups excluding carboxylic acids is 2. The number of piperazine rings is 1. The topological polar surface area (TPSA) is 86.8 Å². The van der Waals surface area contributed by atoms with Gasteiger partial charge in [-0.15, -0.1) is 11.3 Å². The molecule has 1 saturated heterocycles. The molecule has 0 saturated carbocycles. The van der Waals surface area contributed by atoms with Gasteiger partial charge in [0.2, 0.25) is 21.8 Å². The van der Waals surface area contributed by atoms with E-state index < -0.39 is 15.9 Å². The molecular formula is C15H21N3O4S2. The largest absolute Gasteiger partial charge is 0.343 e. The first-order valence-electron chi connectivity index (χ1n) is 7.51. The fourth-order valence-electron chi connectivity index (χ4n) is 2.53. The quantitative estimate of drug-likeness (QED) is 0.764. The minimum atomic E-state index is -3.53. The number of sulfonamides is 1. The van der Waals surface area contributed by atoms with Crippen LogP contribution in [-0.4, -0.2) is 62.2 Å². The van der Waals surface area contributed by atoms with E-state index in [4.69, 9.17) is 0 Å². The highest BCUT2D eigenvalue weighted by Crippen LogP contribution is 2.28. The molecule has 9 heteroatoms. The lowest BCUT2D eigenvalue weighted by Crippen LogP contribution is -2.52. The van der Waals surface area contributed by atoms with Gasteiger partial charge in [0.15, 0.2) is 0 Å². The summed E-state index contributed by atoms with van der Waals surface area (Å²) in [6.45, 7) is 8.00. The van der Waals surface area contributed by atoms with Gasteiger partial charge in [-0.3, -0.25) is 9.59 Å². The summed E-state index contributed by atoms with van der Waals surface area (Å²) in [5.41, 5.74) is 0. The monoisotopic (exact) mass is 371 g/mol. The lowest BCUT2D eigenvalue weighted by molar-refractivity contribution is -0.133. The number of hydrogen-bond acceptors (Lipinski definition) is 5. The smallest absolute Gasteiger partial charge is 0.244 e. The molecule has 2 rings (SSSR count). The van der Waals surface area contributed by atoms with E-state index in [1.807, 2.05) is 6.92 Å². The third-order valence-electron chi connectivity index (χ3n) is 3.80. The molecule has 2 amide bonds. The molecule has 24 heavy (non-hydrogen) atoms. The Balaban J connectivity index is 1.97. The van der Waals surface area contributed by atoms with Gasteiger partial charge >= 0.3 is 0 Å². The van der Waals surface area contributed by atoms with Crippen LogP contribution >= 0.6 is 11.3 Å². The van der Waals surface area contributed by atoms with Crippen molar-refractivity contribution in [1.82, 2.24) is 14.5 Å². The summed E-state index contributed by atoms with van der Waals surface area (Å²) in [5, 5.41) is 2.43. The zero-order valence-electron chi connectivity index (χ0n) is 13.7. The highest BCUT2D eigenvalue weighted by molar-refractivity contribution is 7.89. The molecule has 1 aromatic heterocycles. The average Bonchev–Trinajstić information content (AvgIpc) is 2.91. The second-order valence-corrected chi connectivity index (χ2v) is 8.85. The Kier molecular flexibility index (Phi) is 5.79. The number of hydrogen-bond donors (Lipinski definition) is 1. The van der Waals surface area contributed by atoms with E-state index >= 15 is 0 Å². The van der Waals surface area contributed by atoms with Crippen LogP contribution < -0.4 is 5.32 Å². The second-order valence-electron chi connectivity index (χ2n) is 5.48. The van der Waals surface area contributed by atoms with Gasteiger partial charge in [0.25, 0.3) is 0 Å². The number of nitrogens with zero attached hydrogens (tertiary/aromatic N) is 2. The van der Waals surface area contributed by atoms with Crippen molar-refractivity contribution in [3.05, 3.63) is 28.5 Å². The van der Waals surface area contributed by atoms with Crippen molar-refractivity contribution >= 4 is 33.2 Å². The van der Waals surface area contributed by atoms with Gasteiger partial charge in [0.05, 0.1) is 11.4 Å². The molecule has 0 aliphatic carbocycles. The van der Waals surface area contributed by atoms with Crippen LogP contribution in [0.15, 0.2) is 23.6 Å². The van der Waals surface area contributed by atoms with Crippen LogP contribution in [0.2, 0.25) is 0 Å². The van der Waals surface area contributed by atoms with Gasteiger partial charge in [-0.25, -0.2) is 8.42 Å². The molecule has 1 fully saturated rings. The molecule has 1 aliphatic heterocycles. The van der Waals surface area contributed by atoms with Gasteiger partial charge in [-0.1, -0.05) is 6.58 Å². The average molecular weight is 371 g/mol. The molecule has 7 nitrogen and oxygen atoms in total. The van der Waals surface area contributed by atoms with Crippen molar-refractivity contribution in [1.29, 1.82) is 0 Å². The number of aryl methyl sites for hydroxylation is 2. The Labute approximate surface area is 146 Å². The number of thiophene rings is 1. The predicted molar refractivity (Wildman–Crippen MR) is 92.3 cm³/mol. The van der Waals surface area contributed by atoms with Crippen LogP contribution in [-0.2, 0) is 19.6 Å². The molecule has 0 atom stereocenters. The number of nitrogens with one attached hydrogen (secondary N) is 1. The molecule has 0 unspecified atom stereocenters. The third kappa shape index (κ3) is 4.03. The molecular weight excluding hydrogens is 350 g/mol. The summed E-state index contributed by atoms with van der Waals surface area (Å²) in [6.07, 6.45) is 1.10. The molecule has 1 aliphatic rings. The lowest BCUT2D eigenvalue weighted by Gasteiger charge is -2.34. The van der Waals surface area contributed by atoms with Crippen molar-refractivity contribution in [2.24, 2.45) is 0 Å². The zero-order valence-corrected chi connectivity index (χ0v) is 15.4.